The molecule has 2 saturated heterocycles. The molecule has 10 nitrogen and oxygen atoms in total. The summed E-state index contributed by atoms with van der Waals surface area (Å²) in [4.78, 5) is 59.1. The summed E-state index contributed by atoms with van der Waals surface area (Å²) in [5.41, 5.74) is 3.45. The van der Waals surface area contributed by atoms with Crippen molar-refractivity contribution in [3.05, 3.63) is 92.4 Å². The van der Waals surface area contributed by atoms with E-state index in [2.05, 4.69) is 5.43 Å². The van der Waals surface area contributed by atoms with Crippen molar-refractivity contribution in [1.82, 2.24) is 9.91 Å². The van der Waals surface area contributed by atoms with Crippen molar-refractivity contribution >= 4 is 64.1 Å². The monoisotopic (exact) mass is 737 g/mol. The maximum atomic E-state index is 15.3. The van der Waals surface area contributed by atoms with Gasteiger partial charge in [-0.1, -0.05) is 65.5 Å². The number of allylic oxidation sites excluding steroid dienone is 2. The molecule has 0 spiro atoms. The van der Waals surface area contributed by atoms with Crippen LogP contribution in [-0.2, 0) is 24.6 Å². The second-order valence-electron chi connectivity index (χ2n) is 13.1. The number of aromatic hydroxyl groups is 1. The van der Waals surface area contributed by atoms with E-state index in [-0.39, 0.29) is 51.9 Å². The number of nitrogens with one attached hydrogen (secondary N) is 1. The van der Waals surface area contributed by atoms with E-state index in [1.54, 1.807) is 48.5 Å². The molecule has 3 fully saturated rings. The maximum absolute atomic E-state index is 15.3. The molecular weight excluding hydrogens is 705 g/mol. The number of ether oxygens (including phenoxy) is 2. The number of hydrazine groups is 1. The molecule has 6 atom stereocenters. The third-order valence-electron chi connectivity index (χ3n) is 10.7. The number of rotatable bonds is 8. The Balaban J connectivity index is 1.49. The molecule has 0 radical (unpaired) electrons. The molecule has 13 heteroatoms. The molecule has 0 aromatic heterocycles. The van der Waals surface area contributed by atoms with Crippen LogP contribution in [0.5, 0.6) is 17.2 Å². The van der Waals surface area contributed by atoms with Crippen LogP contribution in [0.4, 0.5) is 5.69 Å². The van der Waals surface area contributed by atoms with Crippen molar-refractivity contribution in [2.24, 2.45) is 23.7 Å². The Labute approximate surface area is 303 Å². The lowest BCUT2D eigenvalue weighted by atomic mass is 9.49. The molecule has 7 rings (SSSR count). The molecule has 2 N–H and O–H groups in total. The van der Waals surface area contributed by atoms with Crippen molar-refractivity contribution in [3.63, 3.8) is 0 Å². The van der Waals surface area contributed by atoms with E-state index < -0.39 is 46.8 Å². The number of amides is 4. The first-order chi connectivity index (χ1) is 24.0. The second kappa shape index (κ2) is 12.8. The molecule has 260 valence electrons. The zero-order valence-corrected chi connectivity index (χ0v) is 29.7. The Bertz CT molecular complexity index is 1970. The molecule has 50 heavy (non-hydrogen) atoms. The van der Waals surface area contributed by atoms with E-state index in [0.29, 0.717) is 34.9 Å². The highest BCUT2D eigenvalue weighted by molar-refractivity contribution is 6.36. The van der Waals surface area contributed by atoms with E-state index in [4.69, 9.17) is 44.3 Å². The lowest BCUT2D eigenvalue weighted by Crippen LogP contribution is -2.53. The molecule has 4 amide bonds. The van der Waals surface area contributed by atoms with Gasteiger partial charge in [0.25, 0.3) is 11.8 Å². The largest absolute Gasteiger partial charge is 0.503 e. The van der Waals surface area contributed by atoms with Crippen LogP contribution in [0.1, 0.15) is 43.2 Å². The number of halogens is 3. The van der Waals surface area contributed by atoms with Crippen molar-refractivity contribution in [2.75, 3.05) is 26.2 Å². The van der Waals surface area contributed by atoms with Gasteiger partial charge in [0.15, 0.2) is 11.5 Å². The molecule has 0 unspecified atom stereocenters. The molecule has 4 aliphatic rings. The van der Waals surface area contributed by atoms with Crippen molar-refractivity contribution < 1.29 is 33.8 Å². The van der Waals surface area contributed by atoms with E-state index in [1.807, 2.05) is 13.0 Å². The van der Waals surface area contributed by atoms with Crippen LogP contribution < -0.4 is 14.9 Å². The molecular formula is C37H34Cl3N3O7. The summed E-state index contributed by atoms with van der Waals surface area (Å²) < 4.78 is 11.0. The minimum Gasteiger partial charge on any atom is -0.503 e. The Morgan fingerprint density at radius 2 is 1.64 bits per heavy atom. The van der Waals surface area contributed by atoms with Crippen molar-refractivity contribution in [2.45, 2.75) is 37.5 Å². The summed E-state index contributed by atoms with van der Waals surface area (Å²) >= 11 is 19.3. The third-order valence-corrected chi connectivity index (χ3v) is 11.6. The number of methoxy groups -OCH3 is 2. The number of anilines is 1. The smallest absolute Gasteiger partial charge is 0.260 e. The van der Waals surface area contributed by atoms with E-state index >= 15 is 4.79 Å². The van der Waals surface area contributed by atoms with Crippen molar-refractivity contribution in [3.8, 4) is 17.2 Å². The topological polar surface area (TPSA) is 125 Å². The number of benzene rings is 3. The summed E-state index contributed by atoms with van der Waals surface area (Å²) in [5, 5.41) is 12.3. The van der Waals surface area contributed by atoms with E-state index in [0.717, 1.165) is 10.6 Å². The predicted octanol–water partition coefficient (Wildman–Crippen LogP) is 6.76. The number of likely N-dealkylation sites (tertiary alicyclic amines) is 1. The molecule has 3 aromatic rings. The number of phenols is 1. The number of carbonyl (C=O) groups excluding carboxylic acids is 4. The Morgan fingerprint density at radius 1 is 0.900 bits per heavy atom. The van der Waals surface area contributed by atoms with Crippen LogP contribution in [0, 0.1) is 23.7 Å². The molecule has 2 aliphatic heterocycles. The number of hydrogen-bond donors (Lipinski definition) is 2. The quantitative estimate of drug-likeness (QED) is 0.192. The van der Waals surface area contributed by atoms with Crippen molar-refractivity contribution in [1.29, 1.82) is 0 Å². The summed E-state index contributed by atoms with van der Waals surface area (Å²) in [6.07, 6.45) is 2.97. The van der Waals surface area contributed by atoms with E-state index in [9.17, 15) is 19.5 Å². The minimum atomic E-state index is -1.58. The number of phenolic OH excluding ortho intramolecular Hbond substituents is 1. The van der Waals surface area contributed by atoms with Gasteiger partial charge in [-0.25, -0.2) is 0 Å². The SMILES string of the molecule is CCCN1C(=O)[C@H]2[C@H](CC=C3[C@H]2C[C@H]2C(=O)N(Nc4ccc(Cl)cc4Cl)C(=O)[C@@]2(c2ccc(OC)cc2)[C@H]3c2cc(Cl)c(O)c(OC)c2)C1=O. The molecule has 1 saturated carbocycles. The summed E-state index contributed by atoms with van der Waals surface area (Å²) in [6.45, 7) is 2.21. The maximum Gasteiger partial charge on any atom is 0.260 e. The molecule has 2 heterocycles. The van der Waals surface area contributed by atoms with Gasteiger partial charge in [-0.15, -0.1) is 0 Å². The number of carbonyl (C=O) groups is 4. The standard InChI is InChI=1S/C37H34Cl3N3O7/c1-4-13-42-33(45)23-11-10-22-24(30(23)35(42)47)17-25-34(46)43(41-28-12-7-20(38)16-26(28)39)36(48)37(25,19-5-8-21(49-2)9-6-19)31(22)18-14-27(40)32(44)29(15-18)50-3/h5-10,12,14-16,23-25,30-31,41,44H,4,11,13,17H2,1-3H3/t23-,24+,25-,30-,31-,37+/m0/s1. The lowest BCUT2D eigenvalue weighted by Gasteiger charge is -2.50. The third kappa shape index (κ3) is 4.98. The average molecular weight is 739 g/mol. The fourth-order valence-electron chi connectivity index (χ4n) is 8.64. The van der Waals surface area contributed by atoms with Crippen LogP contribution in [0.15, 0.2) is 66.2 Å². The van der Waals surface area contributed by atoms with Crippen LogP contribution in [0.25, 0.3) is 0 Å². The van der Waals surface area contributed by atoms with Gasteiger partial charge < -0.3 is 14.6 Å². The lowest BCUT2D eigenvalue weighted by molar-refractivity contribution is -0.141. The normalized spacial score (nSPS) is 27.2. The van der Waals surface area contributed by atoms with E-state index in [1.165, 1.54) is 25.2 Å². The van der Waals surface area contributed by atoms with Crippen LogP contribution in [-0.4, -0.2) is 59.4 Å². The summed E-state index contributed by atoms with van der Waals surface area (Å²) in [5.74, 6) is -4.95. The van der Waals surface area contributed by atoms with Gasteiger partial charge in [-0.2, -0.15) is 5.01 Å². The average Bonchev–Trinajstić information content (AvgIpc) is 3.47. The van der Waals surface area contributed by atoms with Gasteiger partial charge in [0.1, 0.15) is 5.75 Å². The van der Waals surface area contributed by atoms with Gasteiger partial charge in [0, 0.05) is 17.5 Å². The molecule has 3 aromatic carbocycles. The van der Waals surface area contributed by atoms with Gasteiger partial charge >= 0.3 is 0 Å². The Hall–Kier alpha value is -4.25. The number of fused-ring (bicyclic) bond motifs is 4. The van der Waals surface area contributed by atoms with Crippen LogP contribution >= 0.6 is 34.8 Å². The zero-order chi connectivity index (χ0) is 35.6. The minimum absolute atomic E-state index is 0.0156. The summed E-state index contributed by atoms with van der Waals surface area (Å²) in [7, 11) is 2.92. The highest BCUT2D eigenvalue weighted by Crippen LogP contribution is 2.64. The second-order valence-corrected chi connectivity index (χ2v) is 14.3. The zero-order valence-electron chi connectivity index (χ0n) is 27.4. The molecule has 2 aliphatic carbocycles. The van der Waals surface area contributed by atoms with Gasteiger partial charge in [0.05, 0.1) is 53.1 Å². The Morgan fingerprint density at radius 3 is 2.30 bits per heavy atom. The Kier molecular flexibility index (Phi) is 8.77. The van der Waals surface area contributed by atoms with Gasteiger partial charge in [-0.05, 0) is 78.8 Å². The number of imide groups is 2. The number of nitrogens with zero attached hydrogens (tertiary/aromatic N) is 2. The first-order valence-electron chi connectivity index (χ1n) is 16.3. The molecule has 0 bridgehead atoms. The fraction of sp³-hybridized carbons (Fsp3) is 0.351. The first-order valence-corrected chi connectivity index (χ1v) is 17.5. The van der Waals surface area contributed by atoms with Gasteiger partial charge in [0.2, 0.25) is 11.8 Å². The van der Waals surface area contributed by atoms with Gasteiger partial charge in [-0.3, -0.25) is 29.5 Å². The highest BCUT2D eigenvalue weighted by atomic mass is 35.5. The number of hydrogen-bond acceptors (Lipinski definition) is 8. The first kappa shape index (κ1) is 34.2. The van der Waals surface area contributed by atoms with Crippen LogP contribution in [0.2, 0.25) is 15.1 Å². The van der Waals surface area contributed by atoms with Crippen LogP contribution in [0.3, 0.4) is 0 Å². The highest BCUT2D eigenvalue weighted by Gasteiger charge is 2.70. The fourth-order valence-corrected chi connectivity index (χ4v) is 9.31. The predicted molar refractivity (Wildman–Crippen MR) is 187 cm³/mol. The summed E-state index contributed by atoms with van der Waals surface area (Å²) in [6, 6.07) is 14.8.